The molecule has 1 unspecified atom stereocenters. The molecule has 21 heavy (non-hydrogen) atoms. The monoisotopic (exact) mass is 300 g/mol. The van der Waals surface area contributed by atoms with Crippen LogP contribution in [0.2, 0.25) is 0 Å². The van der Waals surface area contributed by atoms with Crippen molar-refractivity contribution in [2.75, 3.05) is 0 Å². The minimum atomic E-state index is -1.39. The van der Waals surface area contributed by atoms with E-state index in [9.17, 15) is 14.7 Å². The van der Waals surface area contributed by atoms with Crippen molar-refractivity contribution in [3.63, 3.8) is 0 Å². The minimum absolute atomic E-state index is 0.241. The third-order valence-electron chi connectivity index (χ3n) is 3.98. The van der Waals surface area contributed by atoms with Gasteiger partial charge in [0.05, 0.1) is 6.10 Å². The summed E-state index contributed by atoms with van der Waals surface area (Å²) in [5.41, 5.74) is -1.39. The molecule has 0 aromatic rings. The fraction of sp³-hybridized carbons (Fsp3) is 0.882. The fourth-order valence-electron chi connectivity index (χ4n) is 2.08. The van der Waals surface area contributed by atoms with E-state index in [0.29, 0.717) is 43.9 Å². The zero-order valence-corrected chi connectivity index (χ0v) is 14.4. The van der Waals surface area contributed by atoms with E-state index in [0.717, 1.165) is 0 Å². The second-order valence-electron chi connectivity index (χ2n) is 6.88. The molecule has 0 aliphatic heterocycles. The SMILES string of the molecule is CCC(C)OC(=O)C(CCC(C)C)(CCC(C)C)C(=O)O. The van der Waals surface area contributed by atoms with Crippen molar-refractivity contribution in [1.29, 1.82) is 0 Å². The summed E-state index contributed by atoms with van der Waals surface area (Å²) in [6.45, 7) is 11.9. The van der Waals surface area contributed by atoms with Gasteiger partial charge < -0.3 is 9.84 Å². The third-order valence-corrected chi connectivity index (χ3v) is 3.98. The molecular formula is C17H32O4. The summed E-state index contributed by atoms with van der Waals surface area (Å²) in [5.74, 6) is -0.888. The van der Waals surface area contributed by atoms with Gasteiger partial charge in [-0.05, 0) is 50.9 Å². The predicted molar refractivity (Wildman–Crippen MR) is 84.1 cm³/mol. The highest BCUT2D eigenvalue weighted by atomic mass is 16.5. The van der Waals surface area contributed by atoms with E-state index < -0.39 is 17.4 Å². The van der Waals surface area contributed by atoms with Gasteiger partial charge >= 0.3 is 11.9 Å². The van der Waals surface area contributed by atoms with Crippen LogP contribution in [0.3, 0.4) is 0 Å². The van der Waals surface area contributed by atoms with Gasteiger partial charge in [0.1, 0.15) is 0 Å². The zero-order chi connectivity index (χ0) is 16.6. The van der Waals surface area contributed by atoms with Gasteiger partial charge in [0.15, 0.2) is 5.41 Å². The van der Waals surface area contributed by atoms with Gasteiger partial charge in [-0.25, -0.2) is 0 Å². The molecule has 0 aromatic carbocycles. The summed E-state index contributed by atoms with van der Waals surface area (Å²) in [7, 11) is 0. The Bertz CT molecular complexity index is 322. The maximum atomic E-state index is 12.5. The van der Waals surface area contributed by atoms with Crippen LogP contribution in [0, 0.1) is 17.3 Å². The van der Waals surface area contributed by atoms with Gasteiger partial charge in [-0.3, -0.25) is 9.59 Å². The van der Waals surface area contributed by atoms with Crippen molar-refractivity contribution in [2.24, 2.45) is 17.3 Å². The molecule has 0 amide bonds. The van der Waals surface area contributed by atoms with Crippen molar-refractivity contribution in [3.05, 3.63) is 0 Å². The van der Waals surface area contributed by atoms with Gasteiger partial charge in [-0.1, -0.05) is 34.6 Å². The molecule has 0 saturated carbocycles. The van der Waals surface area contributed by atoms with Crippen LogP contribution in [-0.2, 0) is 14.3 Å². The molecule has 0 aliphatic rings. The van der Waals surface area contributed by atoms with Crippen molar-refractivity contribution in [2.45, 2.75) is 79.8 Å². The van der Waals surface area contributed by atoms with Gasteiger partial charge in [-0.15, -0.1) is 0 Å². The van der Waals surface area contributed by atoms with E-state index in [2.05, 4.69) is 0 Å². The minimum Gasteiger partial charge on any atom is -0.480 e. The van der Waals surface area contributed by atoms with Crippen LogP contribution in [0.25, 0.3) is 0 Å². The van der Waals surface area contributed by atoms with Crippen LogP contribution >= 0.6 is 0 Å². The summed E-state index contributed by atoms with van der Waals surface area (Å²) >= 11 is 0. The lowest BCUT2D eigenvalue weighted by molar-refractivity contribution is -0.174. The standard InChI is InChI=1S/C17H32O4/c1-7-14(6)21-16(20)17(15(18)19,10-8-12(2)3)11-9-13(4)5/h12-14H,7-11H2,1-6H3,(H,18,19). The Kier molecular flexibility index (Phi) is 8.60. The average molecular weight is 300 g/mol. The maximum absolute atomic E-state index is 12.5. The van der Waals surface area contributed by atoms with Crippen LogP contribution in [0.15, 0.2) is 0 Å². The number of carboxylic acid groups (broad SMARTS) is 1. The third kappa shape index (κ3) is 6.49. The molecule has 1 N–H and O–H groups in total. The van der Waals surface area contributed by atoms with Crippen LogP contribution in [0.5, 0.6) is 0 Å². The summed E-state index contributed by atoms with van der Waals surface area (Å²) in [4.78, 5) is 24.4. The normalized spacial score (nSPS) is 13.5. The van der Waals surface area contributed by atoms with E-state index >= 15 is 0 Å². The predicted octanol–water partition coefficient (Wildman–Crippen LogP) is 4.27. The molecule has 4 nitrogen and oxygen atoms in total. The van der Waals surface area contributed by atoms with Crippen molar-refractivity contribution >= 4 is 11.9 Å². The Balaban J connectivity index is 5.24. The van der Waals surface area contributed by atoms with E-state index in [1.54, 1.807) is 6.92 Å². The Morgan fingerprint density at radius 3 is 1.71 bits per heavy atom. The zero-order valence-electron chi connectivity index (χ0n) is 14.4. The van der Waals surface area contributed by atoms with Gasteiger partial charge in [0, 0.05) is 0 Å². The number of carbonyl (C=O) groups is 2. The maximum Gasteiger partial charge on any atom is 0.323 e. The van der Waals surface area contributed by atoms with Crippen molar-refractivity contribution in [3.8, 4) is 0 Å². The Morgan fingerprint density at radius 1 is 1.00 bits per heavy atom. The lowest BCUT2D eigenvalue weighted by Gasteiger charge is -2.30. The Hall–Kier alpha value is -1.06. The van der Waals surface area contributed by atoms with Gasteiger partial charge in [-0.2, -0.15) is 0 Å². The smallest absolute Gasteiger partial charge is 0.323 e. The molecule has 124 valence electrons. The van der Waals surface area contributed by atoms with Crippen LogP contribution in [0.1, 0.15) is 73.6 Å². The molecule has 4 heteroatoms. The van der Waals surface area contributed by atoms with E-state index in [1.165, 1.54) is 0 Å². The first-order valence-corrected chi connectivity index (χ1v) is 8.10. The number of carbonyl (C=O) groups excluding carboxylic acids is 1. The Morgan fingerprint density at radius 2 is 1.43 bits per heavy atom. The lowest BCUT2D eigenvalue weighted by atomic mass is 9.76. The van der Waals surface area contributed by atoms with Crippen LogP contribution in [-0.4, -0.2) is 23.1 Å². The summed E-state index contributed by atoms with van der Waals surface area (Å²) in [5, 5.41) is 9.70. The second-order valence-corrected chi connectivity index (χ2v) is 6.88. The molecule has 0 aromatic heterocycles. The van der Waals surface area contributed by atoms with Gasteiger partial charge in [0.25, 0.3) is 0 Å². The highest BCUT2D eigenvalue weighted by molar-refractivity contribution is 5.99. The molecule has 0 spiro atoms. The number of hydrogen-bond donors (Lipinski definition) is 1. The summed E-state index contributed by atoms with van der Waals surface area (Å²) < 4.78 is 5.37. The quantitative estimate of drug-likeness (QED) is 0.483. The van der Waals surface area contributed by atoms with Crippen molar-refractivity contribution < 1.29 is 19.4 Å². The first kappa shape index (κ1) is 19.9. The number of hydrogen-bond acceptors (Lipinski definition) is 3. The second kappa shape index (κ2) is 9.06. The molecular weight excluding hydrogens is 268 g/mol. The summed E-state index contributed by atoms with van der Waals surface area (Å²) in [6.07, 6.45) is 2.56. The number of aliphatic carboxylic acids is 1. The van der Waals surface area contributed by atoms with Crippen molar-refractivity contribution in [1.82, 2.24) is 0 Å². The topological polar surface area (TPSA) is 63.6 Å². The number of ether oxygens (including phenoxy) is 1. The van der Waals surface area contributed by atoms with Gasteiger partial charge in [0.2, 0.25) is 0 Å². The van der Waals surface area contributed by atoms with Crippen LogP contribution < -0.4 is 0 Å². The lowest BCUT2D eigenvalue weighted by Crippen LogP contribution is -2.42. The van der Waals surface area contributed by atoms with E-state index in [1.807, 2.05) is 34.6 Å². The fourth-order valence-corrected chi connectivity index (χ4v) is 2.08. The molecule has 0 aliphatic carbocycles. The highest BCUT2D eigenvalue weighted by Crippen LogP contribution is 2.35. The number of rotatable bonds is 10. The average Bonchev–Trinajstić information content (AvgIpc) is 2.37. The molecule has 0 rings (SSSR count). The molecule has 0 bridgehead atoms. The highest BCUT2D eigenvalue weighted by Gasteiger charge is 2.47. The molecule has 0 heterocycles. The molecule has 0 fully saturated rings. The molecule has 1 atom stereocenters. The Labute approximate surface area is 129 Å². The largest absolute Gasteiger partial charge is 0.480 e. The number of esters is 1. The first-order chi connectivity index (χ1) is 9.65. The molecule has 0 radical (unpaired) electrons. The molecule has 0 saturated heterocycles. The first-order valence-electron chi connectivity index (χ1n) is 8.10. The summed E-state index contributed by atoms with van der Waals surface area (Å²) in [6, 6.07) is 0. The van der Waals surface area contributed by atoms with E-state index in [4.69, 9.17) is 4.74 Å². The van der Waals surface area contributed by atoms with Crippen LogP contribution in [0.4, 0.5) is 0 Å². The van der Waals surface area contributed by atoms with E-state index in [-0.39, 0.29) is 6.10 Å². The number of carboxylic acids is 1.